The summed E-state index contributed by atoms with van der Waals surface area (Å²) in [6.45, 7) is 0.332. The van der Waals surface area contributed by atoms with Gasteiger partial charge in [0.15, 0.2) is 11.5 Å². The first-order valence-electron chi connectivity index (χ1n) is 6.12. The second kappa shape index (κ2) is 4.41. The standard InChI is InChI=1S/C11H16N6O2/c12-2-5-1-6(9(19)8(5)18)17-4-16-7-10(13)14-3-15-11(7)17/h3-6,8-9,18-19H,1-2,12H2,(H2,13,14,15)/t5-,6-,8-,9-/m1/s1. The lowest BCUT2D eigenvalue weighted by Crippen LogP contribution is -2.31. The molecule has 102 valence electrons. The molecule has 1 aliphatic carbocycles. The molecule has 0 bridgehead atoms. The molecule has 3 rings (SSSR count). The number of rotatable bonds is 2. The molecule has 1 fully saturated rings. The van der Waals surface area contributed by atoms with Crippen LogP contribution in [0.15, 0.2) is 12.7 Å². The number of hydrogen-bond acceptors (Lipinski definition) is 7. The highest BCUT2D eigenvalue weighted by molar-refractivity contribution is 5.81. The maximum atomic E-state index is 10.1. The molecule has 8 heteroatoms. The van der Waals surface area contributed by atoms with Crippen LogP contribution >= 0.6 is 0 Å². The number of anilines is 1. The van der Waals surface area contributed by atoms with Gasteiger partial charge in [-0.15, -0.1) is 0 Å². The van der Waals surface area contributed by atoms with E-state index in [1.54, 1.807) is 10.9 Å². The van der Waals surface area contributed by atoms with Crippen LogP contribution in [-0.2, 0) is 0 Å². The van der Waals surface area contributed by atoms with Gasteiger partial charge in [-0.1, -0.05) is 0 Å². The first kappa shape index (κ1) is 12.3. The molecule has 1 saturated carbocycles. The van der Waals surface area contributed by atoms with Crippen LogP contribution in [0.25, 0.3) is 11.2 Å². The number of aromatic nitrogens is 4. The molecule has 2 heterocycles. The quantitative estimate of drug-likeness (QED) is 0.526. The third-order valence-corrected chi connectivity index (χ3v) is 3.82. The molecular weight excluding hydrogens is 248 g/mol. The Bertz CT molecular complexity index is 600. The second-order valence-corrected chi connectivity index (χ2v) is 4.86. The van der Waals surface area contributed by atoms with E-state index in [9.17, 15) is 10.2 Å². The van der Waals surface area contributed by atoms with Gasteiger partial charge in [-0.05, 0) is 13.0 Å². The van der Waals surface area contributed by atoms with E-state index in [0.717, 1.165) is 0 Å². The SMILES string of the molecule is NC[C@H]1C[C@@H](n2cnc3c(N)ncnc32)[C@@H](O)[C@@H]1O. The van der Waals surface area contributed by atoms with Crippen molar-refractivity contribution in [2.45, 2.75) is 24.7 Å². The Hall–Kier alpha value is -1.77. The van der Waals surface area contributed by atoms with Crippen LogP contribution in [-0.4, -0.2) is 48.5 Å². The minimum atomic E-state index is -0.887. The van der Waals surface area contributed by atoms with Crippen LogP contribution in [0.4, 0.5) is 5.82 Å². The van der Waals surface area contributed by atoms with Crippen molar-refractivity contribution in [1.29, 1.82) is 0 Å². The fraction of sp³-hybridized carbons (Fsp3) is 0.545. The van der Waals surface area contributed by atoms with Crippen molar-refractivity contribution < 1.29 is 10.2 Å². The molecule has 19 heavy (non-hydrogen) atoms. The molecule has 2 aromatic heterocycles. The van der Waals surface area contributed by atoms with Crippen molar-refractivity contribution in [3.63, 3.8) is 0 Å². The number of aliphatic hydroxyl groups excluding tert-OH is 2. The second-order valence-electron chi connectivity index (χ2n) is 4.86. The molecule has 6 N–H and O–H groups in total. The van der Waals surface area contributed by atoms with E-state index >= 15 is 0 Å². The molecule has 0 radical (unpaired) electrons. The Kier molecular flexibility index (Phi) is 2.85. The average Bonchev–Trinajstić information content (AvgIpc) is 2.94. The lowest BCUT2D eigenvalue weighted by atomic mass is 10.1. The zero-order chi connectivity index (χ0) is 13.6. The Balaban J connectivity index is 2.04. The molecule has 0 spiro atoms. The van der Waals surface area contributed by atoms with Crippen molar-refractivity contribution in [2.75, 3.05) is 12.3 Å². The normalized spacial score (nSPS) is 31.1. The van der Waals surface area contributed by atoms with Crippen molar-refractivity contribution >= 4 is 17.0 Å². The number of hydrogen-bond donors (Lipinski definition) is 4. The van der Waals surface area contributed by atoms with Gasteiger partial charge < -0.3 is 26.2 Å². The summed E-state index contributed by atoms with van der Waals surface area (Å²) in [5, 5.41) is 20.1. The van der Waals surface area contributed by atoms with Crippen LogP contribution in [0.5, 0.6) is 0 Å². The summed E-state index contributed by atoms with van der Waals surface area (Å²) in [6.07, 6.45) is 1.78. The van der Waals surface area contributed by atoms with Gasteiger partial charge in [0, 0.05) is 5.92 Å². The number of fused-ring (bicyclic) bond motifs is 1. The van der Waals surface area contributed by atoms with E-state index in [4.69, 9.17) is 11.5 Å². The molecule has 0 saturated heterocycles. The number of nitrogen functional groups attached to an aromatic ring is 1. The van der Waals surface area contributed by atoms with Crippen LogP contribution in [0, 0.1) is 5.92 Å². The topological polar surface area (TPSA) is 136 Å². The average molecular weight is 264 g/mol. The monoisotopic (exact) mass is 264 g/mol. The zero-order valence-electron chi connectivity index (χ0n) is 10.2. The number of aliphatic hydroxyl groups is 2. The highest BCUT2D eigenvalue weighted by atomic mass is 16.3. The highest BCUT2D eigenvalue weighted by Gasteiger charge is 2.42. The first-order valence-corrected chi connectivity index (χ1v) is 6.12. The molecule has 0 amide bonds. The van der Waals surface area contributed by atoms with Gasteiger partial charge in [0.2, 0.25) is 0 Å². The summed E-state index contributed by atoms with van der Waals surface area (Å²) >= 11 is 0. The third kappa shape index (κ3) is 1.76. The minimum absolute atomic E-state index is 0.128. The molecule has 8 nitrogen and oxygen atoms in total. The molecule has 0 aliphatic heterocycles. The smallest absolute Gasteiger partial charge is 0.165 e. The van der Waals surface area contributed by atoms with Gasteiger partial charge in [0.25, 0.3) is 0 Å². The van der Waals surface area contributed by atoms with Gasteiger partial charge in [-0.25, -0.2) is 15.0 Å². The number of nitrogens with zero attached hydrogens (tertiary/aromatic N) is 4. The summed E-state index contributed by atoms with van der Waals surface area (Å²) in [5.41, 5.74) is 12.4. The number of nitrogens with two attached hydrogens (primary N) is 2. The van der Waals surface area contributed by atoms with Crippen molar-refractivity contribution in [3.05, 3.63) is 12.7 Å². The van der Waals surface area contributed by atoms with Crippen molar-refractivity contribution in [3.8, 4) is 0 Å². The Morgan fingerprint density at radius 2 is 2.05 bits per heavy atom. The Morgan fingerprint density at radius 1 is 1.26 bits per heavy atom. The first-order chi connectivity index (χ1) is 9.13. The van der Waals surface area contributed by atoms with E-state index in [1.807, 2.05) is 0 Å². The molecule has 0 unspecified atom stereocenters. The highest BCUT2D eigenvalue weighted by Crippen LogP contribution is 2.36. The van der Waals surface area contributed by atoms with Gasteiger partial charge in [0.05, 0.1) is 18.5 Å². The van der Waals surface area contributed by atoms with Gasteiger partial charge in [-0.2, -0.15) is 0 Å². The molecule has 0 aromatic carbocycles. The summed E-state index contributed by atoms with van der Waals surface area (Å²) in [4.78, 5) is 12.2. The predicted molar refractivity (Wildman–Crippen MR) is 67.9 cm³/mol. The van der Waals surface area contributed by atoms with Crippen molar-refractivity contribution in [2.24, 2.45) is 11.7 Å². The van der Waals surface area contributed by atoms with E-state index < -0.39 is 12.2 Å². The third-order valence-electron chi connectivity index (χ3n) is 3.82. The van der Waals surface area contributed by atoms with Crippen LogP contribution < -0.4 is 11.5 Å². The predicted octanol–water partition coefficient (Wildman–Crippen LogP) is -1.35. The van der Waals surface area contributed by atoms with Crippen LogP contribution in [0.3, 0.4) is 0 Å². The molecule has 2 aromatic rings. The van der Waals surface area contributed by atoms with E-state index in [1.165, 1.54) is 6.33 Å². The van der Waals surface area contributed by atoms with E-state index in [0.29, 0.717) is 29.9 Å². The summed E-state index contributed by atoms with van der Waals surface area (Å²) in [7, 11) is 0. The van der Waals surface area contributed by atoms with E-state index in [-0.39, 0.29) is 12.0 Å². The fourth-order valence-electron chi connectivity index (χ4n) is 2.72. The maximum Gasteiger partial charge on any atom is 0.165 e. The fourth-order valence-corrected chi connectivity index (χ4v) is 2.72. The van der Waals surface area contributed by atoms with Gasteiger partial charge in [-0.3, -0.25) is 0 Å². The zero-order valence-corrected chi connectivity index (χ0v) is 10.2. The Labute approximate surface area is 109 Å². The molecular formula is C11H16N6O2. The lowest BCUT2D eigenvalue weighted by molar-refractivity contribution is 0.00815. The van der Waals surface area contributed by atoms with E-state index in [2.05, 4.69) is 15.0 Å². The lowest BCUT2D eigenvalue weighted by Gasteiger charge is -2.18. The molecule has 4 atom stereocenters. The summed E-state index contributed by atoms with van der Waals surface area (Å²) < 4.78 is 1.73. The Morgan fingerprint density at radius 3 is 2.74 bits per heavy atom. The summed E-state index contributed by atoms with van der Waals surface area (Å²) in [5.74, 6) is 0.170. The van der Waals surface area contributed by atoms with Crippen LogP contribution in [0.1, 0.15) is 12.5 Å². The van der Waals surface area contributed by atoms with Gasteiger partial charge >= 0.3 is 0 Å². The summed E-state index contributed by atoms with van der Waals surface area (Å²) in [6, 6.07) is -0.303. The minimum Gasteiger partial charge on any atom is -0.390 e. The number of imidazole rings is 1. The molecule has 1 aliphatic rings. The van der Waals surface area contributed by atoms with Crippen molar-refractivity contribution in [1.82, 2.24) is 19.5 Å². The largest absolute Gasteiger partial charge is 0.390 e. The van der Waals surface area contributed by atoms with Gasteiger partial charge in [0.1, 0.15) is 17.9 Å². The maximum absolute atomic E-state index is 10.1. The van der Waals surface area contributed by atoms with Crippen LogP contribution in [0.2, 0.25) is 0 Å².